The Bertz CT molecular complexity index is 8150. The highest BCUT2D eigenvalue weighted by Gasteiger charge is 2.33. The fourth-order valence-electron chi connectivity index (χ4n) is 19.7. The van der Waals surface area contributed by atoms with Gasteiger partial charge in [-0.2, -0.15) is 0 Å². The Morgan fingerprint density at radius 2 is 0.587 bits per heavy atom. The number of nitrogens with zero attached hydrogens (tertiary/aromatic N) is 3. The summed E-state index contributed by atoms with van der Waals surface area (Å²) in [5.74, 6) is 0. The molecule has 2 heterocycles. The molecule has 26 rings (SSSR count). The van der Waals surface area contributed by atoms with Crippen LogP contribution in [0, 0.1) is 0 Å². The van der Waals surface area contributed by atoms with Gasteiger partial charge in [0.2, 0.25) is 0 Å². The Balaban J connectivity index is 0.000000127. The van der Waals surface area contributed by atoms with E-state index in [2.05, 4.69) is 442 Å². The molecule has 0 bridgehead atoms. The standard InChI is InChI=1S/C58H36N2.C52H32N2.C6H5Br/c1-3-15-45(16-4-1)59(52-20-10-12-40-11-7-8-19-48(40)52)47-31-27-38(28-32-47)37-21-23-39(24-22-37)43-30-33-49-53(36-43)60(46-17-5-2-6-18-46)58-50-34-29-42-26-25-41-13-9-14-44-35-51(57(49)58)56(50)55(42)54(41)44;1-2-12-40(13-3-1)54(47-15-7-9-35-8-4-5-14-42(35)47)41-26-22-33(23-27-41)32-16-18-34(19-17-32)38-25-28-43-46(31-38)53-52-44-29-24-37-21-20-36-10-6-11-39-30-45(51(43)52)50(44)49(37)48(36)39;7-6-4-2-1-3-5-6/h1-36H;1-31,53H;1-5H. The maximum atomic E-state index is 3.86. The third kappa shape index (κ3) is 11.6. The van der Waals surface area contributed by atoms with Crippen LogP contribution in [0.5, 0.6) is 0 Å². The largest absolute Gasteiger partial charge is 0.354 e. The third-order valence-corrected chi connectivity index (χ3v) is 25.8. The first-order valence-electron chi connectivity index (χ1n) is 41.5. The number of aromatic amines is 1. The van der Waals surface area contributed by atoms with E-state index in [1.54, 1.807) is 0 Å². The van der Waals surface area contributed by atoms with Gasteiger partial charge in [0.1, 0.15) is 0 Å². The molecule has 0 saturated carbocycles. The van der Waals surface area contributed by atoms with Gasteiger partial charge >= 0.3 is 0 Å². The Labute approximate surface area is 708 Å². The number of fused-ring (bicyclic) bond motifs is 12. The molecular weight excluding hydrogens is 1530 g/mol. The van der Waals surface area contributed by atoms with Crippen LogP contribution in [0.15, 0.2) is 441 Å². The molecule has 0 radical (unpaired) electrons. The number of hydrogen-bond acceptors (Lipinski definition) is 2. The van der Waals surface area contributed by atoms with Crippen LogP contribution in [0.2, 0.25) is 0 Å². The van der Waals surface area contributed by atoms with E-state index in [-0.39, 0.29) is 0 Å². The van der Waals surface area contributed by atoms with Gasteiger partial charge < -0.3 is 19.4 Å². The molecule has 0 unspecified atom stereocenters. The van der Waals surface area contributed by atoms with Gasteiger partial charge in [-0.3, -0.25) is 0 Å². The molecule has 4 nitrogen and oxygen atoms in total. The molecule has 0 aliphatic heterocycles. The van der Waals surface area contributed by atoms with Gasteiger partial charge in [0.05, 0.1) is 28.3 Å². The fourth-order valence-corrected chi connectivity index (χ4v) is 20.1. The molecule has 0 amide bonds. The van der Waals surface area contributed by atoms with Crippen LogP contribution in [0.1, 0.15) is 0 Å². The van der Waals surface area contributed by atoms with Gasteiger partial charge in [0, 0.05) is 93.0 Å². The van der Waals surface area contributed by atoms with Gasteiger partial charge in [0.25, 0.3) is 0 Å². The van der Waals surface area contributed by atoms with Crippen molar-refractivity contribution < 1.29 is 0 Å². The molecule has 24 aromatic rings. The van der Waals surface area contributed by atoms with Crippen molar-refractivity contribution in [2.24, 2.45) is 0 Å². The first kappa shape index (κ1) is 69.9. The average molecular weight is 1600 g/mol. The van der Waals surface area contributed by atoms with Crippen molar-refractivity contribution in [3.8, 4) is 95.0 Å². The highest BCUT2D eigenvalue weighted by molar-refractivity contribution is 9.10. The minimum Gasteiger partial charge on any atom is -0.354 e. The fraction of sp³-hybridized carbons (Fsp3) is 0. The number of benzene rings is 22. The first-order valence-corrected chi connectivity index (χ1v) is 42.3. The predicted molar refractivity (Wildman–Crippen MR) is 518 cm³/mol. The van der Waals surface area contributed by atoms with E-state index in [9.17, 15) is 0 Å². The van der Waals surface area contributed by atoms with E-state index in [0.717, 1.165) is 32.9 Å². The van der Waals surface area contributed by atoms with E-state index in [0.29, 0.717) is 0 Å². The molecule has 1 N–H and O–H groups in total. The van der Waals surface area contributed by atoms with Crippen molar-refractivity contribution in [2.45, 2.75) is 0 Å². The van der Waals surface area contributed by atoms with Gasteiger partial charge in [-0.25, -0.2) is 0 Å². The molecule has 564 valence electrons. The molecule has 0 atom stereocenters. The molecule has 2 aliphatic rings. The number of aromatic nitrogens is 2. The maximum absolute atomic E-state index is 3.86. The Kier molecular flexibility index (Phi) is 16.4. The second-order valence-electron chi connectivity index (χ2n) is 32.0. The van der Waals surface area contributed by atoms with Crippen molar-refractivity contribution in [3.63, 3.8) is 0 Å². The van der Waals surface area contributed by atoms with Crippen LogP contribution >= 0.6 is 15.9 Å². The van der Waals surface area contributed by atoms with Crippen LogP contribution in [-0.2, 0) is 0 Å². The first-order chi connectivity index (χ1) is 59.9. The molecule has 2 aromatic heterocycles. The van der Waals surface area contributed by atoms with Crippen LogP contribution in [-0.4, -0.2) is 9.55 Å². The van der Waals surface area contributed by atoms with E-state index in [1.165, 1.54) is 209 Å². The number of para-hydroxylation sites is 3. The normalized spacial score (nSPS) is 11.8. The van der Waals surface area contributed by atoms with Crippen LogP contribution < -0.4 is 9.80 Å². The van der Waals surface area contributed by atoms with Crippen molar-refractivity contribution in [1.29, 1.82) is 0 Å². The summed E-state index contributed by atoms with van der Waals surface area (Å²) in [6, 6.07) is 159. The lowest BCUT2D eigenvalue weighted by atomic mass is 9.90. The maximum Gasteiger partial charge on any atom is 0.0626 e. The minimum atomic E-state index is 1.12. The molecule has 0 fully saturated rings. The zero-order valence-corrected chi connectivity index (χ0v) is 67.4. The lowest BCUT2D eigenvalue weighted by molar-refractivity contribution is 1.14. The zero-order chi connectivity index (χ0) is 79.8. The second kappa shape index (κ2) is 28.5. The summed E-state index contributed by atoms with van der Waals surface area (Å²) in [5.41, 5.74) is 30.5. The zero-order valence-electron chi connectivity index (χ0n) is 65.8. The van der Waals surface area contributed by atoms with E-state index in [1.807, 2.05) is 30.3 Å². The number of rotatable bonds is 11. The van der Waals surface area contributed by atoms with Crippen LogP contribution in [0.4, 0.5) is 34.1 Å². The Hall–Kier alpha value is -15.4. The minimum absolute atomic E-state index is 1.12. The van der Waals surface area contributed by atoms with E-state index >= 15 is 0 Å². The number of H-pyrrole nitrogens is 1. The summed E-state index contributed by atoms with van der Waals surface area (Å²) in [4.78, 5) is 8.57. The quantitative estimate of drug-likeness (QED) is 0.131. The summed E-state index contributed by atoms with van der Waals surface area (Å²) in [6.45, 7) is 0. The molecule has 0 saturated heterocycles. The monoisotopic (exact) mass is 1600 g/mol. The smallest absolute Gasteiger partial charge is 0.0626 e. The molecule has 2 aliphatic carbocycles. The molecular formula is C116H73BrN4. The molecule has 22 aromatic carbocycles. The lowest BCUT2D eigenvalue weighted by Gasteiger charge is -2.27. The lowest BCUT2D eigenvalue weighted by Crippen LogP contribution is -2.10. The second-order valence-corrected chi connectivity index (χ2v) is 32.9. The SMILES string of the molecule is Brc1ccccc1.c1ccc(N(c2ccc(-c3ccc(-c4ccc5c6c([nH]c5c4)-c4ccc5ccc7cccc8cc-6c4c5c78)cc3)cc2)c2cccc3ccccc23)cc1.c1ccc(N(c2ccc(-c3ccc(-c4ccc5c6c(n(-c7ccccc7)c5c4)-c4ccc5ccc7cccc8cc-6c4c5c78)cc3)cc2)c2cccc3ccccc23)cc1. The summed E-state index contributed by atoms with van der Waals surface area (Å²) in [6.07, 6.45) is 0. The van der Waals surface area contributed by atoms with Crippen molar-refractivity contribution in [3.05, 3.63) is 441 Å². The van der Waals surface area contributed by atoms with Crippen molar-refractivity contribution >= 4 is 158 Å². The van der Waals surface area contributed by atoms with E-state index < -0.39 is 0 Å². The molecule has 5 heteroatoms. The van der Waals surface area contributed by atoms with Gasteiger partial charge in [0.15, 0.2) is 0 Å². The summed E-state index contributed by atoms with van der Waals surface area (Å²) < 4.78 is 3.64. The van der Waals surface area contributed by atoms with Crippen LogP contribution in [0.3, 0.4) is 0 Å². The van der Waals surface area contributed by atoms with Gasteiger partial charge in [-0.1, -0.05) is 344 Å². The highest BCUT2D eigenvalue weighted by atomic mass is 79.9. The summed E-state index contributed by atoms with van der Waals surface area (Å²) in [5, 5.41) is 23.6. The van der Waals surface area contributed by atoms with Crippen LogP contribution in [0.25, 0.3) is 203 Å². The highest BCUT2D eigenvalue weighted by Crippen LogP contribution is 2.58. The number of hydrogen-bond donors (Lipinski definition) is 1. The van der Waals surface area contributed by atoms with Gasteiger partial charge in [-0.15, -0.1) is 0 Å². The number of halogens is 1. The predicted octanol–water partition coefficient (Wildman–Crippen LogP) is 33.3. The average Bonchev–Trinajstić information content (AvgIpc) is 1.52. The molecule has 0 spiro atoms. The summed E-state index contributed by atoms with van der Waals surface area (Å²) >= 11 is 3.31. The Morgan fingerprint density at radius 1 is 0.223 bits per heavy atom. The van der Waals surface area contributed by atoms with Crippen molar-refractivity contribution in [1.82, 2.24) is 9.55 Å². The topological polar surface area (TPSA) is 27.2 Å². The van der Waals surface area contributed by atoms with Gasteiger partial charge in [-0.05, 0) is 229 Å². The third-order valence-electron chi connectivity index (χ3n) is 25.2. The van der Waals surface area contributed by atoms with Crippen molar-refractivity contribution in [2.75, 3.05) is 9.80 Å². The molecule has 121 heavy (non-hydrogen) atoms. The number of anilines is 6. The van der Waals surface area contributed by atoms with E-state index in [4.69, 9.17) is 0 Å². The summed E-state index contributed by atoms with van der Waals surface area (Å²) in [7, 11) is 0. The Morgan fingerprint density at radius 3 is 1.09 bits per heavy atom. The number of nitrogens with one attached hydrogen (secondary N) is 1.